The standard InChI is InChI=1S/C11H17IO2/c1-8-2-4-9(5-3-8)10-6-13-11(12)14-7-10/h2,9-11H,3-7H2,1H3. The van der Waals surface area contributed by atoms with Gasteiger partial charge in [0.1, 0.15) is 0 Å². The second-order valence-electron chi connectivity index (χ2n) is 4.29. The van der Waals surface area contributed by atoms with E-state index < -0.39 is 0 Å². The van der Waals surface area contributed by atoms with Crippen molar-refractivity contribution in [1.82, 2.24) is 0 Å². The van der Waals surface area contributed by atoms with Crippen LogP contribution in [0, 0.1) is 11.8 Å². The molecule has 80 valence electrons. The molecule has 14 heavy (non-hydrogen) atoms. The van der Waals surface area contributed by atoms with Gasteiger partial charge in [-0.2, -0.15) is 0 Å². The molecule has 0 N–H and O–H groups in total. The molecule has 2 rings (SSSR count). The molecule has 0 saturated carbocycles. The molecule has 1 saturated heterocycles. The molecule has 0 spiro atoms. The van der Waals surface area contributed by atoms with Crippen molar-refractivity contribution < 1.29 is 9.47 Å². The van der Waals surface area contributed by atoms with E-state index >= 15 is 0 Å². The smallest absolute Gasteiger partial charge is 0.210 e. The molecule has 2 aliphatic rings. The minimum Gasteiger partial charge on any atom is -0.344 e. The number of ether oxygens (including phenoxy) is 2. The Morgan fingerprint density at radius 3 is 2.57 bits per heavy atom. The van der Waals surface area contributed by atoms with Crippen LogP contribution in [0.2, 0.25) is 0 Å². The number of hydrogen-bond donors (Lipinski definition) is 0. The summed E-state index contributed by atoms with van der Waals surface area (Å²) >= 11 is 2.18. The Morgan fingerprint density at radius 2 is 2.00 bits per heavy atom. The summed E-state index contributed by atoms with van der Waals surface area (Å²) in [7, 11) is 0. The Balaban J connectivity index is 1.84. The minimum atomic E-state index is -0.0234. The van der Waals surface area contributed by atoms with Crippen LogP contribution in [0.4, 0.5) is 0 Å². The van der Waals surface area contributed by atoms with Gasteiger partial charge >= 0.3 is 0 Å². The second-order valence-corrected chi connectivity index (χ2v) is 5.30. The highest BCUT2D eigenvalue weighted by Gasteiger charge is 2.28. The van der Waals surface area contributed by atoms with E-state index in [1.54, 1.807) is 5.57 Å². The summed E-state index contributed by atoms with van der Waals surface area (Å²) in [5.41, 5.74) is 1.55. The lowest BCUT2D eigenvalue weighted by molar-refractivity contribution is -0.151. The Kier molecular flexibility index (Phi) is 3.85. The van der Waals surface area contributed by atoms with E-state index in [9.17, 15) is 0 Å². The quantitative estimate of drug-likeness (QED) is 0.421. The van der Waals surface area contributed by atoms with E-state index in [-0.39, 0.29) is 4.30 Å². The molecule has 0 bridgehead atoms. The van der Waals surface area contributed by atoms with Crippen LogP contribution in [0.25, 0.3) is 0 Å². The monoisotopic (exact) mass is 308 g/mol. The van der Waals surface area contributed by atoms with E-state index in [1.165, 1.54) is 19.3 Å². The normalized spacial score (nSPS) is 39.3. The average Bonchev–Trinajstić information content (AvgIpc) is 2.21. The van der Waals surface area contributed by atoms with Gasteiger partial charge in [0.2, 0.25) is 4.30 Å². The van der Waals surface area contributed by atoms with Crippen LogP contribution in [-0.2, 0) is 9.47 Å². The maximum Gasteiger partial charge on any atom is 0.210 e. The molecule has 2 nitrogen and oxygen atoms in total. The van der Waals surface area contributed by atoms with Crippen molar-refractivity contribution in [2.45, 2.75) is 30.5 Å². The van der Waals surface area contributed by atoms with Gasteiger partial charge in [-0.1, -0.05) is 11.6 Å². The van der Waals surface area contributed by atoms with Crippen LogP contribution in [0.3, 0.4) is 0 Å². The van der Waals surface area contributed by atoms with Gasteiger partial charge in [-0.25, -0.2) is 0 Å². The molecular formula is C11H17IO2. The summed E-state index contributed by atoms with van der Waals surface area (Å²) in [6, 6.07) is 0. The van der Waals surface area contributed by atoms with Crippen molar-refractivity contribution >= 4 is 22.6 Å². The summed E-state index contributed by atoms with van der Waals surface area (Å²) < 4.78 is 11.0. The summed E-state index contributed by atoms with van der Waals surface area (Å²) in [5, 5.41) is 0. The lowest BCUT2D eigenvalue weighted by atomic mass is 9.81. The summed E-state index contributed by atoms with van der Waals surface area (Å²) in [6.45, 7) is 3.99. The van der Waals surface area contributed by atoms with E-state index in [4.69, 9.17) is 9.47 Å². The number of rotatable bonds is 1. The highest BCUT2D eigenvalue weighted by Crippen LogP contribution is 2.32. The van der Waals surface area contributed by atoms with E-state index in [1.807, 2.05) is 0 Å². The lowest BCUT2D eigenvalue weighted by Crippen LogP contribution is -2.34. The predicted octanol–water partition coefficient (Wildman–Crippen LogP) is 3.11. The molecular weight excluding hydrogens is 291 g/mol. The molecule has 1 heterocycles. The van der Waals surface area contributed by atoms with Crippen molar-refractivity contribution in [1.29, 1.82) is 0 Å². The molecule has 1 fully saturated rings. The molecule has 3 heteroatoms. The first kappa shape index (κ1) is 10.9. The van der Waals surface area contributed by atoms with Gasteiger partial charge < -0.3 is 9.47 Å². The zero-order valence-corrected chi connectivity index (χ0v) is 10.7. The van der Waals surface area contributed by atoms with Gasteiger partial charge in [0.25, 0.3) is 0 Å². The average molecular weight is 308 g/mol. The maximum absolute atomic E-state index is 5.51. The Morgan fingerprint density at radius 1 is 1.29 bits per heavy atom. The molecule has 0 aromatic carbocycles. The third-order valence-corrected chi connectivity index (χ3v) is 3.95. The van der Waals surface area contributed by atoms with Gasteiger partial charge in [0, 0.05) is 5.92 Å². The van der Waals surface area contributed by atoms with Crippen LogP contribution in [-0.4, -0.2) is 17.5 Å². The first-order valence-electron chi connectivity index (χ1n) is 5.28. The van der Waals surface area contributed by atoms with Crippen LogP contribution in [0.1, 0.15) is 26.2 Å². The summed E-state index contributed by atoms with van der Waals surface area (Å²) in [6.07, 6.45) is 6.17. The second kappa shape index (κ2) is 4.94. The molecule has 0 aromatic rings. The van der Waals surface area contributed by atoms with Crippen molar-refractivity contribution in [2.75, 3.05) is 13.2 Å². The van der Waals surface area contributed by atoms with Crippen LogP contribution in [0.5, 0.6) is 0 Å². The molecule has 1 aliphatic carbocycles. The lowest BCUT2D eigenvalue weighted by Gasteiger charge is -2.33. The highest BCUT2D eigenvalue weighted by molar-refractivity contribution is 14.1. The van der Waals surface area contributed by atoms with Crippen molar-refractivity contribution in [2.24, 2.45) is 11.8 Å². The Bertz CT molecular complexity index is 219. The fraction of sp³-hybridized carbons (Fsp3) is 0.818. The summed E-state index contributed by atoms with van der Waals surface area (Å²) in [4.78, 5) is 0. The fourth-order valence-electron chi connectivity index (χ4n) is 2.18. The number of halogens is 1. The zero-order valence-electron chi connectivity index (χ0n) is 8.54. The van der Waals surface area contributed by atoms with Gasteiger partial charge in [-0.3, -0.25) is 0 Å². The number of hydrogen-bond acceptors (Lipinski definition) is 2. The molecule has 1 aliphatic heterocycles. The van der Waals surface area contributed by atoms with Gasteiger partial charge in [-0.05, 0) is 54.7 Å². The zero-order chi connectivity index (χ0) is 9.97. The van der Waals surface area contributed by atoms with Crippen LogP contribution < -0.4 is 0 Å². The van der Waals surface area contributed by atoms with Gasteiger partial charge in [-0.15, -0.1) is 0 Å². The first-order chi connectivity index (χ1) is 6.75. The predicted molar refractivity (Wildman–Crippen MR) is 64.3 cm³/mol. The number of allylic oxidation sites excluding steroid dienone is 2. The minimum absolute atomic E-state index is 0.0234. The number of alkyl halides is 1. The van der Waals surface area contributed by atoms with E-state index in [0.717, 1.165) is 19.1 Å². The molecule has 1 atom stereocenters. The van der Waals surface area contributed by atoms with Crippen molar-refractivity contribution in [3.63, 3.8) is 0 Å². The fourth-order valence-corrected chi connectivity index (χ4v) is 2.60. The molecule has 0 radical (unpaired) electrons. The van der Waals surface area contributed by atoms with Crippen molar-refractivity contribution in [3.05, 3.63) is 11.6 Å². The maximum atomic E-state index is 5.51. The van der Waals surface area contributed by atoms with E-state index in [0.29, 0.717) is 5.92 Å². The van der Waals surface area contributed by atoms with Crippen molar-refractivity contribution in [3.8, 4) is 0 Å². The topological polar surface area (TPSA) is 18.5 Å². The summed E-state index contributed by atoms with van der Waals surface area (Å²) in [5.74, 6) is 1.40. The highest BCUT2D eigenvalue weighted by atomic mass is 127. The van der Waals surface area contributed by atoms with Crippen LogP contribution >= 0.6 is 22.6 Å². The largest absolute Gasteiger partial charge is 0.344 e. The van der Waals surface area contributed by atoms with Gasteiger partial charge in [0.05, 0.1) is 13.2 Å². The van der Waals surface area contributed by atoms with Crippen LogP contribution in [0.15, 0.2) is 11.6 Å². The molecule has 0 aromatic heterocycles. The Labute approximate surface area is 99.2 Å². The first-order valence-corrected chi connectivity index (χ1v) is 6.53. The molecule has 0 amide bonds. The SMILES string of the molecule is CC1=CCC(C2COC(I)OC2)CC1. The third-order valence-electron chi connectivity index (χ3n) is 3.23. The van der Waals surface area contributed by atoms with Gasteiger partial charge in [0.15, 0.2) is 0 Å². The third kappa shape index (κ3) is 2.70. The van der Waals surface area contributed by atoms with E-state index in [2.05, 4.69) is 35.6 Å². The molecule has 1 unspecified atom stereocenters. The Hall–Kier alpha value is 0.390.